The maximum Gasteiger partial charge on any atom is 0.362 e. The summed E-state index contributed by atoms with van der Waals surface area (Å²) >= 11 is 0. The van der Waals surface area contributed by atoms with Crippen LogP contribution < -0.4 is 10.9 Å². The van der Waals surface area contributed by atoms with Crippen molar-refractivity contribution in [1.29, 1.82) is 0 Å². The summed E-state index contributed by atoms with van der Waals surface area (Å²) in [5.74, 6) is 1.96. The molecule has 9 nitrogen and oxygen atoms in total. The van der Waals surface area contributed by atoms with Crippen molar-refractivity contribution in [2.24, 2.45) is 28.8 Å². The number of aryl methyl sites for hydroxylation is 1. The minimum absolute atomic E-state index is 0.0484. The van der Waals surface area contributed by atoms with Gasteiger partial charge in [-0.15, -0.1) is 0 Å². The maximum absolute atomic E-state index is 14.2. The van der Waals surface area contributed by atoms with Crippen molar-refractivity contribution < 1.29 is 19.1 Å². The van der Waals surface area contributed by atoms with Crippen LogP contribution in [0.5, 0.6) is 0 Å². The van der Waals surface area contributed by atoms with Crippen molar-refractivity contribution in [3.8, 4) is 0 Å². The Morgan fingerprint density at radius 3 is 2.52 bits per heavy atom. The summed E-state index contributed by atoms with van der Waals surface area (Å²) in [5.41, 5.74) is 0.667. The molecule has 4 aliphatic rings. The molecule has 6 unspecified atom stereocenters. The topological polar surface area (TPSA) is 104 Å². The number of hydrogen-bond acceptors (Lipinski definition) is 8. The lowest BCUT2D eigenvalue weighted by molar-refractivity contribution is -0.135. The maximum atomic E-state index is 14.2. The summed E-state index contributed by atoms with van der Waals surface area (Å²) in [7, 11) is 1.34. The molecular weight excluding hydrogens is 508 g/mol. The average Bonchev–Trinajstić information content (AvgIpc) is 3.69. The molecule has 0 aromatic carbocycles. The van der Waals surface area contributed by atoms with Crippen LogP contribution in [0.1, 0.15) is 94.3 Å². The van der Waals surface area contributed by atoms with Crippen molar-refractivity contribution >= 4 is 17.8 Å². The van der Waals surface area contributed by atoms with E-state index < -0.39 is 5.97 Å². The van der Waals surface area contributed by atoms with E-state index in [0.717, 1.165) is 37.7 Å². The second-order valence-electron chi connectivity index (χ2n) is 12.4. The van der Waals surface area contributed by atoms with Gasteiger partial charge in [0.2, 0.25) is 5.71 Å². The number of fused-ring (bicyclic) bond motifs is 3. The van der Waals surface area contributed by atoms with Gasteiger partial charge in [-0.3, -0.25) is 4.79 Å². The zero-order valence-electron chi connectivity index (χ0n) is 24.4. The molecular formula is C31H46N4O5. The van der Waals surface area contributed by atoms with Crippen LogP contribution in [-0.2, 0) is 19.1 Å². The first-order valence-electron chi connectivity index (χ1n) is 15.3. The van der Waals surface area contributed by atoms with E-state index in [1.807, 2.05) is 11.5 Å². The first-order valence-corrected chi connectivity index (χ1v) is 15.3. The minimum atomic E-state index is -0.727. The molecule has 2 heterocycles. The minimum Gasteiger partial charge on any atom is -0.461 e. The van der Waals surface area contributed by atoms with Crippen molar-refractivity contribution in [1.82, 2.24) is 14.9 Å². The Hall–Kier alpha value is -2.52. The molecule has 2 bridgehead atoms. The highest BCUT2D eigenvalue weighted by Gasteiger charge is 2.42. The molecule has 1 N–H and O–H groups in total. The van der Waals surface area contributed by atoms with Crippen LogP contribution in [0.4, 0.5) is 0 Å². The molecule has 1 aliphatic heterocycles. The van der Waals surface area contributed by atoms with E-state index in [1.54, 1.807) is 13.0 Å². The zero-order valence-corrected chi connectivity index (χ0v) is 24.4. The quantitative estimate of drug-likeness (QED) is 0.288. The number of nitrogens with one attached hydrogen (secondary N) is 1. The van der Waals surface area contributed by atoms with Crippen LogP contribution in [0, 0.1) is 30.6 Å². The second-order valence-corrected chi connectivity index (χ2v) is 12.4. The molecule has 1 saturated heterocycles. The molecule has 1 aromatic rings. The number of oxime groups is 1. The number of rotatable bonds is 8. The Bertz CT molecular complexity index is 1150. The van der Waals surface area contributed by atoms with Gasteiger partial charge in [0.1, 0.15) is 7.11 Å². The fraction of sp³-hybridized carbons (Fsp3) is 0.742. The number of ether oxygens (including phenoxy) is 2. The standard InChI is InChI=1S/C31H46N4O5/c1-5-27-19(3)32-28(29(34-38-4)31(37)40-6-2)30(36)35(27)26-15-22-14-23(22)17-39-18-25(16-26)33-24-12-20-9-7-8-10-21(11-20)13-24/h5,20-26,33H,1,6-18H2,2-4H3. The number of carbonyl (C=O) groups is 1. The van der Waals surface area contributed by atoms with E-state index in [-0.39, 0.29) is 35.7 Å². The SMILES string of the molecule is C=Cc1c(C)nc(C(=NOC)C(=O)OCC)c(=O)n1C1CC(NC2CC3CCCCC(C3)C2)COCC2CC2C1. The Balaban J connectivity index is 1.48. The second kappa shape index (κ2) is 13.0. The Morgan fingerprint density at radius 2 is 1.85 bits per heavy atom. The van der Waals surface area contributed by atoms with Crippen molar-refractivity contribution in [3.05, 3.63) is 34.0 Å². The molecule has 220 valence electrons. The molecule has 6 atom stereocenters. The monoisotopic (exact) mass is 554 g/mol. The summed E-state index contributed by atoms with van der Waals surface area (Å²) in [6.07, 6.45) is 13.7. The van der Waals surface area contributed by atoms with Gasteiger partial charge in [-0.2, -0.15) is 0 Å². The highest BCUT2D eigenvalue weighted by Crippen LogP contribution is 2.46. The third kappa shape index (κ3) is 6.51. The van der Waals surface area contributed by atoms with Crippen LogP contribution in [-0.4, -0.2) is 60.2 Å². The lowest BCUT2D eigenvalue weighted by atomic mass is 9.77. The van der Waals surface area contributed by atoms with Gasteiger partial charge in [0.15, 0.2) is 5.69 Å². The van der Waals surface area contributed by atoms with Gasteiger partial charge in [0.25, 0.3) is 5.56 Å². The van der Waals surface area contributed by atoms with Crippen LogP contribution in [0.2, 0.25) is 0 Å². The number of hydrogen-bond donors (Lipinski definition) is 1. The molecule has 1 aromatic heterocycles. The molecule has 40 heavy (non-hydrogen) atoms. The van der Waals surface area contributed by atoms with E-state index in [1.165, 1.54) is 52.1 Å². The van der Waals surface area contributed by atoms with E-state index >= 15 is 0 Å². The molecule has 0 spiro atoms. The predicted molar refractivity (Wildman–Crippen MR) is 154 cm³/mol. The van der Waals surface area contributed by atoms with Crippen LogP contribution in [0.25, 0.3) is 6.08 Å². The Kier molecular flexibility index (Phi) is 9.41. The van der Waals surface area contributed by atoms with Gasteiger partial charge < -0.3 is 24.2 Å². The first-order chi connectivity index (χ1) is 19.4. The zero-order chi connectivity index (χ0) is 28.2. The molecule has 3 aliphatic carbocycles. The summed E-state index contributed by atoms with van der Waals surface area (Å²) < 4.78 is 13.2. The smallest absolute Gasteiger partial charge is 0.362 e. The van der Waals surface area contributed by atoms with Crippen molar-refractivity contribution in [2.45, 2.75) is 96.2 Å². The predicted octanol–water partition coefficient (Wildman–Crippen LogP) is 4.41. The van der Waals surface area contributed by atoms with Gasteiger partial charge in [0, 0.05) is 24.7 Å². The van der Waals surface area contributed by atoms with Crippen molar-refractivity contribution in [3.63, 3.8) is 0 Å². The van der Waals surface area contributed by atoms with Gasteiger partial charge in [-0.25, -0.2) is 9.78 Å². The van der Waals surface area contributed by atoms with Crippen LogP contribution in [0.3, 0.4) is 0 Å². The normalized spacial score (nSPS) is 32.5. The summed E-state index contributed by atoms with van der Waals surface area (Å²) in [5, 5.41) is 7.87. The van der Waals surface area contributed by atoms with E-state index in [9.17, 15) is 9.59 Å². The molecule has 9 heteroatoms. The number of nitrogens with zero attached hydrogens (tertiary/aromatic N) is 3. The number of carbonyl (C=O) groups excluding carboxylic acids is 1. The molecule has 0 amide bonds. The summed E-state index contributed by atoms with van der Waals surface area (Å²) in [6.45, 7) is 9.14. The van der Waals surface area contributed by atoms with Gasteiger partial charge in [-0.05, 0) is 82.1 Å². The average molecular weight is 555 g/mol. The van der Waals surface area contributed by atoms with Crippen LogP contribution >= 0.6 is 0 Å². The number of aromatic nitrogens is 2. The molecule has 0 radical (unpaired) electrons. The highest BCUT2D eigenvalue weighted by atomic mass is 16.6. The van der Waals surface area contributed by atoms with E-state index in [4.69, 9.17) is 14.3 Å². The van der Waals surface area contributed by atoms with Gasteiger partial charge in [0.05, 0.1) is 24.6 Å². The summed E-state index contributed by atoms with van der Waals surface area (Å²) in [6, 6.07) is 0.527. The fourth-order valence-electron chi connectivity index (χ4n) is 7.61. The van der Waals surface area contributed by atoms with Gasteiger partial charge in [-0.1, -0.05) is 37.4 Å². The van der Waals surface area contributed by atoms with Crippen molar-refractivity contribution in [2.75, 3.05) is 26.9 Å². The Morgan fingerprint density at radius 1 is 1.10 bits per heavy atom. The van der Waals surface area contributed by atoms with Crippen LogP contribution in [0.15, 0.2) is 16.5 Å². The van der Waals surface area contributed by atoms with E-state index in [0.29, 0.717) is 35.9 Å². The highest BCUT2D eigenvalue weighted by molar-refractivity contribution is 6.42. The third-order valence-electron chi connectivity index (χ3n) is 9.47. The summed E-state index contributed by atoms with van der Waals surface area (Å²) in [4.78, 5) is 36.4. The molecule has 5 rings (SSSR count). The fourth-order valence-corrected chi connectivity index (χ4v) is 7.61. The first kappa shape index (κ1) is 29.0. The van der Waals surface area contributed by atoms with E-state index in [2.05, 4.69) is 22.0 Å². The number of esters is 1. The molecule has 3 saturated carbocycles. The third-order valence-corrected chi connectivity index (χ3v) is 9.47. The van der Waals surface area contributed by atoms with Gasteiger partial charge >= 0.3 is 5.97 Å². The lowest BCUT2D eigenvalue weighted by Gasteiger charge is -2.37. The largest absolute Gasteiger partial charge is 0.461 e. The Labute approximate surface area is 237 Å². The lowest BCUT2D eigenvalue weighted by Crippen LogP contribution is -2.46. The molecule has 4 fully saturated rings.